The number of thiazole rings is 1. The summed E-state index contributed by atoms with van der Waals surface area (Å²) in [5.74, 6) is -2.18. The lowest BCUT2D eigenvalue weighted by Gasteiger charge is -2.41. The summed E-state index contributed by atoms with van der Waals surface area (Å²) in [7, 11) is 4.79. The van der Waals surface area contributed by atoms with E-state index < -0.39 is 47.7 Å². The summed E-state index contributed by atoms with van der Waals surface area (Å²) >= 11 is 1.49. The third-order valence-corrected chi connectivity index (χ3v) is 12.0. The summed E-state index contributed by atoms with van der Waals surface area (Å²) in [6.07, 6.45) is 2.45. The second-order valence-electron chi connectivity index (χ2n) is 15.9. The maximum absolute atomic E-state index is 14.3. The average Bonchev–Trinajstić information content (AvgIpc) is 3.90. The number of likely N-dealkylation sites (tertiary alicyclic amines) is 1. The lowest BCUT2D eigenvalue weighted by molar-refractivity contribution is -0.148. The number of carbonyl (C=O) groups excluding carboxylic acids is 5. The molecule has 0 bridgehead atoms. The van der Waals surface area contributed by atoms with Gasteiger partial charge in [-0.2, -0.15) is 0 Å². The highest BCUT2D eigenvalue weighted by Gasteiger charge is 2.43. The van der Waals surface area contributed by atoms with Crippen LogP contribution in [0.5, 0.6) is 0 Å². The highest BCUT2D eigenvalue weighted by molar-refractivity contribution is 7.09. The average molecular weight is 815 g/mol. The third kappa shape index (κ3) is 12.7. The number of nitrogens with zero attached hydrogens (tertiary/aromatic N) is 3. The Kier molecular flexibility index (Phi) is 18.4. The quantitative estimate of drug-likeness (QED) is 0.155. The topological polar surface area (TPSA) is 168 Å². The molecule has 318 valence electrons. The summed E-state index contributed by atoms with van der Waals surface area (Å²) < 4.78 is 17.0. The summed E-state index contributed by atoms with van der Waals surface area (Å²) in [6, 6.07) is 7.84. The molecule has 57 heavy (non-hydrogen) atoms. The second kappa shape index (κ2) is 22.2. The molecule has 1 aliphatic heterocycles. The van der Waals surface area contributed by atoms with Gasteiger partial charge in [0.15, 0.2) is 0 Å². The molecule has 3 rings (SSSR count). The fraction of sp³-hybridized carbons (Fsp3) is 0.667. The van der Waals surface area contributed by atoms with E-state index in [-0.39, 0.29) is 54.7 Å². The van der Waals surface area contributed by atoms with Gasteiger partial charge in [0.25, 0.3) is 0 Å². The first kappa shape index (κ1) is 47.3. The van der Waals surface area contributed by atoms with E-state index in [1.807, 2.05) is 70.3 Å². The van der Waals surface area contributed by atoms with E-state index in [4.69, 9.17) is 14.2 Å². The van der Waals surface area contributed by atoms with Gasteiger partial charge in [-0.3, -0.25) is 19.2 Å². The van der Waals surface area contributed by atoms with Crippen LogP contribution in [0.2, 0.25) is 0 Å². The monoisotopic (exact) mass is 814 g/mol. The highest BCUT2D eigenvalue weighted by atomic mass is 32.1. The molecule has 0 radical (unpaired) electrons. The lowest BCUT2D eigenvalue weighted by Crippen LogP contribution is -2.62. The van der Waals surface area contributed by atoms with Crippen LogP contribution in [0.4, 0.5) is 4.79 Å². The van der Waals surface area contributed by atoms with Crippen LogP contribution >= 0.6 is 11.3 Å². The molecular weight excluding hydrogens is 749 g/mol. The first-order valence-corrected chi connectivity index (χ1v) is 21.0. The van der Waals surface area contributed by atoms with Crippen molar-refractivity contribution >= 4 is 41.1 Å². The fourth-order valence-electron chi connectivity index (χ4n) is 7.60. The fourth-order valence-corrected chi connectivity index (χ4v) is 8.29. The summed E-state index contributed by atoms with van der Waals surface area (Å²) in [5.41, 5.74) is -0.278. The van der Waals surface area contributed by atoms with E-state index in [1.54, 1.807) is 37.1 Å². The van der Waals surface area contributed by atoms with Crippen LogP contribution in [-0.2, 0) is 39.8 Å². The van der Waals surface area contributed by atoms with E-state index >= 15 is 0 Å². The minimum atomic E-state index is -1.36. The second-order valence-corrected chi connectivity index (χ2v) is 16.8. The van der Waals surface area contributed by atoms with E-state index in [0.717, 1.165) is 17.0 Å². The van der Waals surface area contributed by atoms with E-state index in [0.29, 0.717) is 25.8 Å². The van der Waals surface area contributed by atoms with Gasteiger partial charge in [0.1, 0.15) is 16.6 Å². The van der Waals surface area contributed by atoms with Gasteiger partial charge in [0.2, 0.25) is 23.6 Å². The van der Waals surface area contributed by atoms with Crippen LogP contribution in [-0.4, -0.2) is 115 Å². The summed E-state index contributed by atoms with van der Waals surface area (Å²) in [5, 5.41) is 11.3. The van der Waals surface area contributed by atoms with Crippen molar-refractivity contribution in [2.75, 3.05) is 34.4 Å². The number of alkyl carbamates (subject to hydrolysis) is 1. The molecule has 1 saturated heterocycles. The van der Waals surface area contributed by atoms with Crippen LogP contribution in [0.3, 0.4) is 0 Å². The van der Waals surface area contributed by atoms with Crippen molar-refractivity contribution < 1.29 is 38.2 Å². The van der Waals surface area contributed by atoms with Gasteiger partial charge in [0, 0.05) is 39.4 Å². The minimum Gasteiger partial charge on any atom is -0.450 e. The van der Waals surface area contributed by atoms with E-state index in [9.17, 15) is 24.0 Å². The molecule has 1 fully saturated rings. The Hall–Kier alpha value is -4.08. The first-order valence-electron chi connectivity index (χ1n) is 20.1. The predicted molar refractivity (Wildman–Crippen MR) is 220 cm³/mol. The Morgan fingerprint density at radius 1 is 1.02 bits per heavy atom. The van der Waals surface area contributed by atoms with Crippen LogP contribution in [0, 0.1) is 17.8 Å². The molecule has 2 aromatic rings. The number of likely N-dealkylation sites (N-methyl/N-ethyl adjacent to an activating group) is 1. The maximum atomic E-state index is 14.3. The number of carbonyl (C=O) groups is 5. The smallest absolute Gasteiger partial charge is 0.407 e. The highest BCUT2D eigenvalue weighted by Crippen LogP contribution is 2.30. The number of methoxy groups -OCH3 is 2. The van der Waals surface area contributed by atoms with Gasteiger partial charge in [-0.15, -0.1) is 11.3 Å². The maximum Gasteiger partial charge on any atom is 0.407 e. The Morgan fingerprint density at radius 3 is 2.26 bits per heavy atom. The number of hydrogen-bond acceptors (Lipinski definition) is 10. The van der Waals surface area contributed by atoms with Gasteiger partial charge < -0.3 is 40.0 Å². The molecule has 3 N–H and O–H groups in total. The molecule has 1 aromatic heterocycles. The van der Waals surface area contributed by atoms with Crippen molar-refractivity contribution in [2.24, 2.45) is 17.8 Å². The van der Waals surface area contributed by atoms with Crippen molar-refractivity contribution in [3.05, 3.63) is 52.5 Å². The minimum absolute atomic E-state index is 0.00493. The number of ether oxygens (including phenoxy) is 3. The van der Waals surface area contributed by atoms with Crippen LogP contribution in [0.1, 0.15) is 97.7 Å². The number of rotatable bonds is 21. The molecule has 1 aromatic carbocycles. The van der Waals surface area contributed by atoms with Crippen LogP contribution in [0.25, 0.3) is 0 Å². The standard InChI is InChI=1S/C42H66N6O8S/c1-12-27(5)35(47(9)39(51)34(26(3)4)45-40(52)42(7,8)46-41(53)56-13-2)32(54-10)25-33(49)48-22-17-20-31(48)36(55-11)28(6)37(50)44-30(38-43-21-23-57-38)24-29-18-15-14-16-19-29/h14-16,18-19,21,23,26-28,30-32,34-36H,12-13,17,20,22,24-25H2,1-11H3,(H,44,50)(H,45,52)(H,46,53)/t27-,28+,30-,31-,32+,34-,35-,36+/m0/s1. The van der Waals surface area contributed by atoms with E-state index in [2.05, 4.69) is 20.9 Å². The van der Waals surface area contributed by atoms with Crippen molar-refractivity contribution in [1.29, 1.82) is 0 Å². The molecule has 0 saturated carbocycles. The molecule has 15 heteroatoms. The largest absolute Gasteiger partial charge is 0.450 e. The van der Waals surface area contributed by atoms with E-state index in [1.165, 1.54) is 32.3 Å². The summed E-state index contributed by atoms with van der Waals surface area (Å²) in [4.78, 5) is 75.9. The zero-order chi connectivity index (χ0) is 42.4. The van der Waals surface area contributed by atoms with Gasteiger partial charge in [-0.05, 0) is 57.4 Å². The van der Waals surface area contributed by atoms with Crippen LogP contribution < -0.4 is 16.0 Å². The van der Waals surface area contributed by atoms with Crippen molar-refractivity contribution in [3.8, 4) is 0 Å². The SMILES string of the molecule is CCOC(=O)NC(C)(C)C(=O)N[C@H](C(=O)N(C)[C@@H]([C@@H](C)CC)[C@@H](CC(=O)N1CCC[C@H]1[C@H](OC)[C@@H](C)C(=O)N[C@@H](Cc1ccccc1)c1nccs1)OC)C(C)C. The molecule has 14 nitrogen and oxygen atoms in total. The van der Waals surface area contributed by atoms with Crippen LogP contribution in [0.15, 0.2) is 41.9 Å². The molecule has 0 aliphatic carbocycles. The molecule has 1 aliphatic rings. The number of hydrogen-bond donors (Lipinski definition) is 3. The normalized spacial score (nSPS) is 18.1. The Labute approximate surface area is 343 Å². The predicted octanol–water partition coefficient (Wildman–Crippen LogP) is 5.13. The number of nitrogens with one attached hydrogen (secondary N) is 3. The molecule has 0 spiro atoms. The van der Waals surface area contributed by atoms with Gasteiger partial charge in [-0.1, -0.05) is 71.4 Å². The van der Waals surface area contributed by atoms with Crippen molar-refractivity contribution in [1.82, 2.24) is 30.7 Å². The molecule has 5 amide bonds. The number of aromatic nitrogens is 1. The zero-order valence-corrected chi connectivity index (χ0v) is 36.5. The van der Waals surface area contributed by atoms with Crippen molar-refractivity contribution in [3.63, 3.8) is 0 Å². The first-order chi connectivity index (χ1) is 27.0. The lowest BCUT2D eigenvalue weighted by atomic mass is 9.89. The Morgan fingerprint density at radius 2 is 1.70 bits per heavy atom. The van der Waals surface area contributed by atoms with Crippen molar-refractivity contribution in [2.45, 2.75) is 129 Å². The molecule has 0 unspecified atom stereocenters. The molecule has 2 heterocycles. The number of amides is 5. The Bertz CT molecular complexity index is 1590. The number of benzene rings is 1. The summed E-state index contributed by atoms with van der Waals surface area (Å²) in [6.45, 7) is 14.9. The zero-order valence-electron chi connectivity index (χ0n) is 35.7. The molecular formula is C42H66N6O8S. The third-order valence-electron chi connectivity index (χ3n) is 11.1. The Balaban J connectivity index is 1.78. The van der Waals surface area contributed by atoms with Gasteiger partial charge >= 0.3 is 6.09 Å². The van der Waals surface area contributed by atoms with Gasteiger partial charge in [-0.25, -0.2) is 9.78 Å². The van der Waals surface area contributed by atoms with Gasteiger partial charge in [0.05, 0.1) is 49.3 Å². The molecule has 8 atom stereocenters.